The number of halogens is 3. The van der Waals surface area contributed by atoms with Gasteiger partial charge in [0.05, 0.1) is 44.6 Å². The van der Waals surface area contributed by atoms with Crippen molar-refractivity contribution in [1.82, 2.24) is 24.9 Å². The lowest BCUT2D eigenvalue weighted by Gasteiger charge is -2.44. The zero-order valence-electron chi connectivity index (χ0n) is 19.9. The molecule has 0 aliphatic carbocycles. The Bertz CT molecular complexity index is 1070. The fraction of sp³-hybridized carbons (Fsp3) is 0.625. The molecule has 0 N–H and O–H groups in total. The number of hydrogen-bond donors (Lipinski definition) is 0. The van der Waals surface area contributed by atoms with E-state index in [2.05, 4.69) is 45.9 Å². The van der Waals surface area contributed by atoms with Crippen molar-refractivity contribution in [2.75, 3.05) is 32.8 Å². The van der Waals surface area contributed by atoms with Gasteiger partial charge in [-0.25, -0.2) is 4.68 Å². The average molecular weight is 478 g/mol. The first-order valence-corrected chi connectivity index (χ1v) is 11.3. The molecule has 0 amide bonds. The fourth-order valence-electron chi connectivity index (χ4n) is 4.17. The van der Waals surface area contributed by atoms with Crippen molar-refractivity contribution in [3.63, 3.8) is 0 Å². The lowest BCUT2D eigenvalue weighted by atomic mass is 9.84. The van der Waals surface area contributed by atoms with Crippen LogP contribution in [0.3, 0.4) is 0 Å². The number of ether oxygens (including phenoxy) is 2. The molecule has 0 spiro atoms. The molecule has 2 aliphatic heterocycles. The van der Waals surface area contributed by atoms with Crippen molar-refractivity contribution >= 4 is 0 Å². The van der Waals surface area contributed by atoms with Crippen LogP contribution in [-0.2, 0) is 22.4 Å². The highest BCUT2D eigenvalue weighted by molar-refractivity contribution is 5.59. The molecule has 2 aromatic heterocycles. The Hall–Kier alpha value is -2.48. The molecule has 0 aromatic carbocycles. The molecular weight excluding hydrogens is 447 g/mol. The minimum atomic E-state index is -4.39. The Labute approximate surface area is 197 Å². The van der Waals surface area contributed by atoms with E-state index in [1.54, 1.807) is 6.20 Å². The summed E-state index contributed by atoms with van der Waals surface area (Å²) in [5.74, 6) is 5.99. The van der Waals surface area contributed by atoms with Crippen molar-refractivity contribution in [1.29, 1.82) is 0 Å². The highest BCUT2D eigenvalue weighted by atomic mass is 19.4. The Balaban J connectivity index is 1.48. The van der Waals surface area contributed by atoms with E-state index >= 15 is 0 Å². The monoisotopic (exact) mass is 477 g/mol. The van der Waals surface area contributed by atoms with Gasteiger partial charge in [-0.15, -0.1) is 5.10 Å². The normalized spacial score (nSPS) is 20.4. The molecule has 0 unspecified atom stereocenters. The summed E-state index contributed by atoms with van der Waals surface area (Å²) in [7, 11) is 0. The van der Waals surface area contributed by atoms with Crippen LogP contribution in [0.1, 0.15) is 38.8 Å². The number of rotatable bonds is 5. The van der Waals surface area contributed by atoms with Crippen LogP contribution in [0.5, 0.6) is 0 Å². The zero-order chi connectivity index (χ0) is 24.6. The lowest BCUT2D eigenvalue weighted by molar-refractivity contribution is -0.227. The summed E-state index contributed by atoms with van der Waals surface area (Å²) in [4.78, 5) is 6.47. The summed E-state index contributed by atoms with van der Waals surface area (Å²) in [5.41, 5.74) is 1.11. The maximum absolute atomic E-state index is 13.3. The van der Waals surface area contributed by atoms with Gasteiger partial charge in [0.2, 0.25) is 0 Å². The zero-order valence-corrected chi connectivity index (χ0v) is 19.9. The van der Waals surface area contributed by atoms with E-state index in [1.165, 1.54) is 16.9 Å². The Kier molecular flexibility index (Phi) is 6.73. The smallest absolute Gasteiger partial charge is 0.350 e. The first kappa shape index (κ1) is 24.6. The maximum atomic E-state index is 13.3. The van der Waals surface area contributed by atoms with Gasteiger partial charge < -0.3 is 9.47 Å². The molecule has 0 bridgehead atoms. The standard InChI is InChI=1S/C24H30F3N5O2/c1-22(2)13-31(14-22)7-5-6-17-8-18(9-24(25,26)27)21(28-10-17)19-11-32(30-29-19)12-20-33-15-23(3,4)16-34-20/h8,10-11,20H,7,9,12-16H2,1-4H3. The van der Waals surface area contributed by atoms with E-state index in [1.807, 2.05) is 13.8 Å². The van der Waals surface area contributed by atoms with Gasteiger partial charge in [0, 0.05) is 30.3 Å². The second-order valence-electron chi connectivity index (χ2n) is 10.7. The van der Waals surface area contributed by atoms with Crippen LogP contribution in [0.25, 0.3) is 11.4 Å². The van der Waals surface area contributed by atoms with Crippen LogP contribution in [0.2, 0.25) is 0 Å². The Morgan fingerprint density at radius 1 is 1.12 bits per heavy atom. The second kappa shape index (κ2) is 9.29. The fourth-order valence-corrected chi connectivity index (χ4v) is 4.17. The third-order valence-electron chi connectivity index (χ3n) is 5.63. The van der Waals surface area contributed by atoms with E-state index in [-0.39, 0.29) is 28.9 Å². The molecule has 2 aliphatic rings. The number of alkyl halides is 3. The van der Waals surface area contributed by atoms with E-state index in [9.17, 15) is 13.2 Å². The number of nitrogens with zero attached hydrogens (tertiary/aromatic N) is 5. The van der Waals surface area contributed by atoms with Gasteiger partial charge in [0.1, 0.15) is 5.69 Å². The maximum Gasteiger partial charge on any atom is 0.393 e. The van der Waals surface area contributed by atoms with Crippen LogP contribution in [-0.4, -0.2) is 70.2 Å². The van der Waals surface area contributed by atoms with Crippen LogP contribution in [0, 0.1) is 22.7 Å². The summed E-state index contributed by atoms with van der Waals surface area (Å²) in [6, 6.07) is 1.44. The molecule has 2 aromatic rings. The molecule has 0 atom stereocenters. The van der Waals surface area contributed by atoms with Gasteiger partial charge in [0.15, 0.2) is 6.29 Å². The van der Waals surface area contributed by atoms with Crippen LogP contribution in [0.15, 0.2) is 18.5 Å². The van der Waals surface area contributed by atoms with Gasteiger partial charge in [-0.05, 0) is 17.0 Å². The summed E-state index contributed by atoms with van der Waals surface area (Å²) < 4.78 is 52.8. The topological polar surface area (TPSA) is 65.3 Å². The third kappa shape index (κ3) is 6.56. The van der Waals surface area contributed by atoms with Gasteiger partial charge in [-0.3, -0.25) is 9.88 Å². The van der Waals surface area contributed by atoms with Crippen molar-refractivity contribution < 1.29 is 22.6 Å². The molecule has 4 rings (SSSR count). The molecule has 184 valence electrons. The highest BCUT2D eigenvalue weighted by Gasteiger charge is 2.33. The quantitative estimate of drug-likeness (QED) is 0.614. The lowest BCUT2D eigenvalue weighted by Crippen LogP contribution is -2.52. The second-order valence-corrected chi connectivity index (χ2v) is 10.7. The van der Waals surface area contributed by atoms with E-state index in [0.29, 0.717) is 30.7 Å². The summed E-state index contributed by atoms with van der Waals surface area (Å²) >= 11 is 0. The predicted molar refractivity (Wildman–Crippen MR) is 120 cm³/mol. The average Bonchev–Trinajstić information content (AvgIpc) is 3.15. The van der Waals surface area contributed by atoms with Gasteiger partial charge in [0.25, 0.3) is 0 Å². The molecule has 10 heteroatoms. The predicted octanol–water partition coefficient (Wildman–Crippen LogP) is 3.54. The van der Waals surface area contributed by atoms with Gasteiger partial charge >= 0.3 is 6.18 Å². The Morgan fingerprint density at radius 3 is 2.47 bits per heavy atom. The van der Waals surface area contributed by atoms with E-state index in [0.717, 1.165) is 13.1 Å². The van der Waals surface area contributed by atoms with Crippen molar-refractivity contribution in [3.05, 3.63) is 29.6 Å². The summed E-state index contributed by atoms with van der Waals surface area (Å²) in [6.07, 6.45) is -2.96. The van der Waals surface area contributed by atoms with Crippen LogP contribution >= 0.6 is 0 Å². The first-order valence-electron chi connectivity index (χ1n) is 11.3. The first-order chi connectivity index (χ1) is 15.9. The molecule has 2 fully saturated rings. The van der Waals surface area contributed by atoms with E-state index in [4.69, 9.17) is 9.47 Å². The molecule has 7 nitrogen and oxygen atoms in total. The molecule has 2 saturated heterocycles. The van der Waals surface area contributed by atoms with Crippen LogP contribution < -0.4 is 0 Å². The molecular formula is C24H30F3N5O2. The molecule has 34 heavy (non-hydrogen) atoms. The van der Waals surface area contributed by atoms with Gasteiger partial charge in [-0.1, -0.05) is 44.7 Å². The molecule has 4 heterocycles. The minimum absolute atomic E-state index is 0.0170. The number of pyridine rings is 1. The van der Waals surface area contributed by atoms with E-state index < -0.39 is 18.9 Å². The van der Waals surface area contributed by atoms with Crippen molar-refractivity contribution in [2.45, 2.75) is 53.1 Å². The largest absolute Gasteiger partial charge is 0.393 e. The summed E-state index contributed by atoms with van der Waals surface area (Å²) in [6.45, 7) is 12.4. The third-order valence-corrected chi connectivity index (χ3v) is 5.63. The van der Waals surface area contributed by atoms with Gasteiger partial charge in [-0.2, -0.15) is 13.2 Å². The number of likely N-dealkylation sites (tertiary alicyclic amines) is 1. The van der Waals surface area contributed by atoms with Crippen molar-refractivity contribution in [3.8, 4) is 23.2 Å². The molecule has 0 saturated carbocycles. The number of hydrogen-bond acceptors (Lipinski definition) is 6. The van der Waals surface area contributed by atoms with Crippen molar-refractivity contribution in [2.24, 2.45) is 10.8 Å². The SMILES string of the molecule is CC1(C)COC(Cn2cc(-c3ncc(C#CCN4CC(C)(C)C4)cc3CC(F)(F)F)nn2)OC1. The highest BCUT2D eigenvalue weighted by Crippen LogP contribution is 2.29. The van der Waals surface area contributed by atoms with Crippen LogP contribution in [0.4, 0.5) is 13.2 Å². The molecule has 0 radical (unpaired) electrons. The minimum Gasteiger partial charge on any atom is -0.350 e. The Morgan fingerprint density at radius 2 is 1.82 bits per heavy atom. The summed E-state index contributed by atoms with van der Waals surface area (Å²) in [5, 5.41) is 8.08. The number of aromatic nitrogens is 4.